The Morgan fingerprint density at radius 3 is 2.57 bits per heavy atom. The van der Waals surface area contributed by atoms with Crippen molar-refractivity contribution in [2.45, 2.75) is 18.9 Å². The van der Waals surface area contributed by atoms with E-state index in [-0.39, 0.29) is 12.0 Å². The van der Waals surface area contributed by atoms with Gasteiger partial charge in [-0.25, -0.2) is 0 Å². The molecule has 1 aliphatic rings. The van der Waals surface area contributed by atoms with Crippen LogP contribution in [0.25, 0.3) is 0 Å². The standard InChI is InChI=1S/C15H16ClN3O2/c16-11-1-3-12(4-2-11)21-13-6-9-19(10-7-13)15(20)14-5-8-17-18-14/h1-5,8,13H,6-7,9-10H2,(H,17,18). The first-order valence-electron chi connectivity index (χ1n) is 6.93. The van der Waals surface area contributed by atoms with Crippen molar-refractivity contribution in [1.29, 1.82) is 0 Å². The van der Waals surface area contributed by atoms with E-state index in [1.54, 1.807) is 12.3 Å². The van der Waals surface area contributed by atoms with E-state index in [4.69, 9.17) is 16.3 Å². The number of carbonyl (C=O) groups excluding carboxylic acids is 1. The molecule has 1 aromatic carbocycles. The fourth-order valence-corrected chi connectivity index (χ4v) is 2.55. The summed E-state index contributed by atoms with van der Waals surface area (Å²) in [6.45, 7) is 1.38. The van der Waals surface area contributed by atoms with Gasteiger partial charge in [0.05, 0.1) is 0 Å². The first kappa shape index (κ1) is 13.9. The van der Waals surface area contributed by atoms with Gasteiger partial charge in [-0.3, -0.25) is 9.89 Å². The third kappa shape index (κ3) is 3.36. The lowest BCUT2D eigenvalue weighted by Crippen LogP contribution is -2.41. The highest BCUT2D eigenvalue weighted by atomic mass is 35.5. The minimum absolute atomic E-state index is 0.00237. The van der Waals surface area contributed by atoms with Gasteiger partial charge in [0.2, 0.25) is 0 Å². The number of piperidine rings is 1. The van der Waals surface area contributed by atoms with Crippen LogP contribution in [-0.4, -0.2) is 40.2 Å². The summed E-state index contributed by atoms with van der Waals surface area (Å²) in [6, 6.07) is 9.05. The maximum atomic E-state index is 12.2. The molecule has 1 N–H and O–H groups in total. The molecule has 21 heavy (non-hydrogen) atoms. The number of aromatic amines is 1. The number of nitrogens with one attached hydrogen (secondary N) is 1. The summed E-state index contributed by atoms with van der Waals surface area (Å²) < 4.78 is 5.91. The number of hydrogen-bond acceptors (Lipinski definition) is 3. The minimum Gasteiger partial charge on any atom is -0.490 e. The summed E-state index contributed by atoms with van der Waals surface area (Å²) in [5, 5.41) is 7.21. The summed E-state index contributed by atoms with van der Waals surface area (Å²) >= 11 is 5.85. The zero-order chi connectivity index (χ0) is 14.7. The van der Waals surface area contributed by atoms with Crippen molar-refractivity contribution in [3.8, 4) is 5.75 Å². The fraction of sp³-hybridized carbons (Fsp3) is 0.333. The van der Waals surface area contributed by atoms with Crippen molar-refractivity contribution in [3.05, 3.63) is 47.2 Å². The van der Waals surface area contributed by atoms with E-state index in [2.05, 4.69) is 10.2 Å². The molecule has 5 nitrogen and oxygen atoms in total. The number of H-pyrrole nitrogens is 1. The predicted molar refractivity (Wildman–Crippen MR) is 79.6 cm³/mol. The quantitative estimate of drug-likeness (QED) is 0.948. The molecule has 6 heteroatoms. The van der Waals surface area contributed by atoms with E-state index in [1.165, 1.54) is 0 Å². The average Bonchev–Trinajstić information content (AvgIpc) is 3.04. The van der Waals surface area contributed by atoms with E-state index in [0.29, 0.717) is 23.8 Å². The fourth-order valence-electron chi connectivity index (χ4n) is 2.43. The highest BCUT2D eigenvalue weighted by Gasteiger charge is 2.25. The molecular formula is C15H16ClN3O2. The van der Waals surface area contributed by atoms with E-state index in [1.807, 2.05) is 29.2 Å². The zero-order valence-electron chi connectivity index (χ0n) is 11.5. The molecule has 1 saturated heterocycles. The van der Waals surface area contributed by atoms with Gasteiger partial charge in [0, 0.05) is 37.2 Å². The highest BCUT2D eigenvalue weighted by Crippen LogP contribution is 2.21. The van der Waals surface area contributed by atoms with Crippen molar-refractivity contribution in [2.24, 2.45) is 0 Å². The molecule has 3 rings (SSSR count). The Bertz CT molecular complexity index is 590. The number of carbonyl (C=O) groups is 1. The first-order chi connectivity index (χ1) is 10.2. The summed E-state index contributed by atoms with van der Waals surface area (Å²) in [5.41, 5.74) is 0.534. The molecule has 0 radical (unpaired) electrons. The largest absolute Gasteiger partial charge is 0.490 e. The van der Waals surface area contributed by atoms with Crippen molar-refractivity contribution in [2.75, 3.05) is 13.1 Å². The Hall–Kier alpha value is -2.01. The molecule has 2 heterocycles. The van der Waals surface area contributed by atoms with Crippen LogP contribution >= 0.6 is 11.6 Å². The molecule has 0 atom stereocenters. The van der Waals surface area contributed by atoms with Gasteiger partial charge in [-0.15, -0.1) is 0 Å². The molecule has 1 aliphatic heterocycles. The smallest absolute Gasteiger partial charge is 0.271 e. The van der Waals surface area contributed by atoms with Gasteiger partial charge in [0.1, 0.15) is 17.5 Å². The number of aromatic nitrogens is 2. The predicted octanol–water partition coefficient (Wildman–Crippen LogP) is 2.75. The van der Waals surface area contributed by atoms with E-state index in [9.17, 15) is 4.79 Å². The van der Waals surface area contributed by atoms with Crippen molar-refractivity contribution in [3.63, 3.8) is 0 Å². The number of benzene rings is 1. The summed E-state index contributed by atoms with van der Waals surface area (Å²) in [6.07, 6.45) is 3.37. The summed E-state index contributed by atoms with van der Waals surface area (Å²) in [4.78, 5) is 14.0. The lowest BCUT2D eigenvalue weighted by atomic mass is 10.1. The van der Waals surface area contributed by atoms with E-state index in [0.717, 1.165) is 18.6 Å². The molecule has 2 aromatic rings. The van der Waals surface area contributed by atoms with Gasteiger partial charge in [-0.2, -0.15) is 5.10 Å². The normalized spacial score (nSPS) is 16.0. The molecule has 0 saturated carbocycles. The monoisotopic (exact) mass is 305 g/mol. The second kappa shape index (κ2) is 6.18. The Balaban J connectivity index is 1.53. The molecule has 110 valence electrons. The van der Waals surface area contributed by atoms with Gasteiger partial charge >= 0.3 is 0 Å². The SMILES string of the molecule is O=C(c1ccn[nH]1)N1CCC(Oc2ccc(Cl)cc2)CC1. The molecule has 0 spiro atoms. The van der Waals surface area contributed by atoms with Crippen molar-refractivity contribution >= 4 is 17.5 Å². The molecule has 1 aromatic heterocycles. The Labute approximate surface area is 127 Å². The van der Waals surface area contributed by atoms with Crippen LogP contribution in [0.15, 0.2) is 36.5 Å². The third-order valence-corrected chi connectivity index (χ3v) is 3.83. The molecule has 1 amide bonds. The number of likely N-dealkylation sites (tertiary alicyclic amines) is 1. The maximum absolute atomic E-state index is 12.2. The number of amides is 1. The van der Waals surface area contributed by atoms with Crippen LogP contribution in [0.2, 0.25) is 5.02 Å². The molecule has 0 bridgehead atoms. The second-order valence-electron chi connectivity index (χ2n) is 5.03. The average molecular weight is 306 g/mol. The Kier molecular flexibility index (Phi) is 4.10. The van der Waals surface area contributed by atoms with Gasteiger partial charge in [0.25, 0.3) is 5.91 Å². The Morgan fingerprint density at radius 2 is 1.95 bits per heavy atom. The number of hydrogen-bond donors (Lipinski definition) is 1. The molecule has 1 fully saturated rings. The number of nitrogens with zero attached hydrogens (tertiary/aromatic N) is 2. The van der Waals surface area contributed by atoms with Crippen LogP contribution in [-0.2, 0) is 0 Å². The third-order valence-electron chi connectivity index (χ3n) is 3.58. The van der Waals surface area contributed by atoms with Gasteiger partial charge < -0.3 is 9.64 Å². The van der Waals surface area contributed by atoms with E-state index >= 15 is 0 Å². The lowest BCUT2D eigenvalue weighted by molar-refractivity contribution is 0.0590. The van der Waals surface area contributed by atoms with Crippen LogP contribution in [0.4, 0.5) is 0 Å². The number of ether oxygens (including phenoxy) is 1. The molecule has 0 unspecified atom stereocenters. The maximum Gasteiger partial charge on any atom is 0.271 e. The zero-order valence-corrected chi connectivity index (χ0v) is 12.2. The van der Waals surface area contributed by atoms with E-state index < -0.39 is 0 Å². The second-order valence-corrected chi connectivity index (χ2v) is 5.47. The van der Waals surface area contributed by atoms with Crippen LogP contribution in [0.5, 0.6) is 5.75 Å². The molecule has 0 aliphatic carbocycles. The van der Waals surface area contributed by atoms with Crippen LogP contribution < -0.4 is 4.74 Å². The van der Waals surface area contributed by atoms with Crippen molar-refractivity contribution < 1.29 is 9.53 Å². The van der Waals surface area contributed by atoms with Gasteiger partial charge in [-0.05, 0) is 30.3 Å². The Morgan fingerprint density at radius 1 is 1.24 bits per heavy atom. The van der Waals surface area contributed by atoms with Crippen molar-refractivity contribution in [1.82, 2.24) is 15.1 Å². The van der Waals surface area contributed by atoms with Crippen LogP contribution in [0.1, 0.15) is 23.3 Å². The molecular weight excluding hydrogens is 290 g/mol. The first-order valence-corrected chi connectivity index (χ1v) is 7.31. The van der Waals surface area contributed by atoms with Gasteiger partial charge in [0.15, 0.2) is 0 Å². The summed E-state index contributed by atoms with van der Waals surface area (Å²) in [7, 11) is 0. The van der Waals surface area contributed by atoms with Gasteiger partial charge in [-0.1, -0.05) is 11.6 Å². The minimum atomic E-state index is -0.00237. The highest BCUT2D eigenvalue weighted by molar-refractivity contribution is 6.30. The topological polar surface area (TPSA) is 58.2 Å². The summed E-state index contributed by atoms with van der Waals surface area (Å²) in [5.74, 6) is 0.815. The van der Waals surface area contributed by atoms with Crippen LogP contribution in [0, 0.1) is 0 Å². The lowest BCUT2D eigenvalue weighted by Gasteiger charge is -2.31. The number of halogens is 1. The number of rotatable bonds is 3. The van der Waals surface area contributed by atoms with Crippen LogP contribution in [0.3, 0.4) is 0 Å².